The SMILES string of the molecule is CC(C)(C)c1ccc(CNc2cccc(OCc3ccccc3)c2)cc1. The first-order valence-corrected chi connectivity index (χ1v) is 9.11. The molecular weight excluding hydrogens is 318 g/mol. The lowest BCUT2D eigenvalue weighted by molar-refractivity contribution is 0.306. The van der Waals surface area contributed by atoms with Crippen molar-refractivity contribution in [3.8, 4) is 5.75 Å². The maximum atomic E-state index is 5.90. The summed E-state index contributed by atoms with van der Waals surface area (Å²) in [4.78, 5) is 0. The molecule has 2 heteroatoms. The van der Waals surface area contributed by atoms with Gasteiger partial charge in [-0.1, -0.05) is 81.4 Å². The van der Waals surface area contributed by atoms with E-state index in [1.54, 1.807) is 0 Å². The predicted octanol–water partition coefficient (Wildman–Crippen LogP) is 6.18. The molecule has 0 aliphatic heterocycles. The van der Waals surface area contributed by atoms with Crippen LogP contribution in [-0.4, -0.2) is 0 Å². The minimum atomic E-state index is 0.191. The minimum absolute atomic E-state index is 0.191. The van der Waals surface area contributed by atoms with Crippen molar-refractivity contribution < 1.29 is 4.74 Å². The van der Waals surface area contributed by atoms with E-state index < -0.39 is 0 Å². The normalized spacial score (nSPS) is 11.2. The third-order valence-electron chi connectivity index (χ3n) is 4.40. The Bertz CT molecular complexity index is 817. The minimum Gasteiger partial charge on any atom is -0.489 e. The highest BCUT2D eigenvalue weighted by atomic mass is 16.5. The van der Waals surface area contributed by atoms with Crippen LogP contribution in [0.4, 0.5) is 5.69 Å². The monoisotopic (exact) mass is 345 g/mol. The van der Waals surface area contributed by atoms with Crippen LogP contribution in [0.1, 0.15) is 37.5 Å². The van der Waals surface area contributed by atoms with Crippen molar-refractivity contribution in [1.82, 2.24) is 0 Å². The Morgan fingerprint density at radius 2 is 1.50 bits per heavy atom. The van der Waals surface area contributed by atoms with E-state index in [9.17, 15) is 0 Å². The summed E-state index contributed by atoms with van der Waals surface area (Å²) in [6.07, 6.45) is 0. The molecule has 0 amide bonds. The van der Waals surface area contributed by atoms with Gasteiger partial charge in [0.25, 0.3) is 0 Å². The van der Waals surface area contributed by atoms with Gasteiger partial charge in [0.05, 0.1) is 0 Å². The van der Waals surface area contributed by atoms with E-state index in [1.165, 1.54) is 16.7 Å². The summed E-state index contributed by atoms with van der Waals surface area (Å²) in [6, 6.07) is 27.2. The standard InChI is InChI=1S/C24H27NO/c1-24(2,3)21-14-12-19(13-15-21)17-25-22-10-7-11-23(16-22)26-18-20-8-5-4-6-9-20/h4-16,25H,17-18H2,1-3H3. The van der Waals surface area contributed by atoms with Crippen LogP contribution in [0.5, 0.6) is 5.75 Å². The zero-order chi connectivity index (χ0) is 18.4. The number of hydrogen-bond acceptors (Lipinski definition) is 2. The molecule has 3 aromatic rings. The Morgan fingerprint density at radius 3 is 2.19 bits per heavy atom. The Morgan fingerprint density at radius 1 is 0.769 bits per heavy atom. The van der Waals surface area contributed by atoms with Gasteiger partial charge in [0.15, 0.2) is 0 Å². The quantitative estimate of drug-likeness (QED) is 0.576. The fraction of sp³-hybridized carbons (Fsp3) is 0.250. The molecule has 0 atom stereocenters. The Hall–Kier alpha value is -2.74. The van der Waals surface area contributed by atoms with Gasteiger partial charge in [-0.25, -0.2) is 0 Å². The van der Waals surface area contributed by atoms with Crippen LogP contribution in [0, 0.1) is 0 Å². The topological polar surface area (TPSA) is 21.3 Å². The third kappa shape index (κ3) is 5.13. The summed E-state index contributed by atoms with van der Waals surface area (Å²) < 4.78 is 5.90. The average Bonchev–Trinajstić information content (AvgIpc) is 2.66. The van der Waals surface area contributed by atoms with Gasteiger partial charge in [-0.3, -0.25) is 0 Å². The lowest BCUT2D eigenvalue weighted by Gasteiger charge is -2.19. The predicted molar refractivity (Wildman–Crippen MR) is 110 cm³/mol. The zero-order valence-corrected chi connectivity index (χ0v) is 15.8. The highest BCUT2D eigenvalue weighted by Crippen LogP contribution is 2.23. The molecule has 0 radical (unpaired) electrons. The highest BCUT2D eigenvalue weighted by molar-refractivity contribution is 5.48. The Kier molecular flexibility index (Phi) is 5.62. The van der Waals surface area contributed by atoms with Gasteiger partial charge in [-0.2, -0.15) is 0 Å². The summed E-state index contributed by atoms with van der Waals surface area (Å²) in [5.41, 5.74) is 5.06. The zero-order valence-electron chi connectivity index (χ0n) is 15.8. The molecule has 0 fully saturated rings. The van der Waals surface area contributed by atoms with E-state index in [-0.39, 0.29) is 5.41 Å². The smallest absolute Gasteiger partial charge is 0.121 e. The van der Waals surface area contributed by atoms with Gasteiger partial charge in [-0.15, -0.1) is 0 Å². The van der Waals surface area contributed by atoms with Crippen molar-refractivity contribution in [1.29, 1.82) is 0 Å². The number of rotatable bonds is 6. The van der Waals surface area contributed by atoms with Crippen LogP contribution in [0.25, 0.3) is 0 Å². The molecule has 3 aromatic carbocycles. The number of hydrogen-bond donors (Lipinski definition) is 1. The molecule has 0 saturated carbocycles. The molecule has 0 aliphatic carbocycles. The van der Waals surface area contributed by atoms with Crippen molar-refractivity contribution in [2.24, 2.45) is 0 Å². The first kappa shape index (κ1) is 18.1. The van der Waals surface area contributed by atoms with Crippen molar-refractivity contribution >= 4 is 5.69 Å². The molecule has 1 N–H and O–H groups in total. The van der Waals surface area contributed by atoms with Gasteiger partial charge in [0.2, 0.25) is 0 Å². The summed E-state index contributed by atoms with van der Waals surface area (Å²) in [5, 5.41) is 3.48. The van der Waals surface area contributed by atoms with Crippen LogP contribution in [0.2, 0.25) is 0 Å². The Balaban J connectivity index is 1.57. The molecule has 3 rings (SSSR count). The van der Waals surface area contributed by atoms with Crippen LogP contribution in [-0.2, 0) is 18.6 Å². The fourth-order valence-electron chi connectivity index (χ4n) is 2.76. The van der Waals surface area contributed by atoms with Gasteiger partial charge >= 0.3 is 0 Å². The summed E-state index contributed by atoms with van der Waals surface area (Å²) in [5.74, 6) is 0.877. The third-order valence-corrected chi connectivity index (χ3v) is 4.40. The number of benzene rings is 3. The van der Waals surface area contributed by atoms with Gasteiger partial charge in [-0.05, 0) is 34.2 Å². The van der Waals surface area contributed by atoms with Gasteiger partial charge < -0.3 is 10.1 Å². The van der Waals surface area contributed by atoms with Crippen molar-refractivity contribution in [3.63, 3.8) is 0 Å². The first-order chi connectivity index (χ1) is 12.5. The van der Waals surface area contributed by atoms with E-state index in [1.807, 2.05) is 36.4 Å². The Labute approximate surface area is 156 Å². The van der Waals surface area contributed by atoms with E-state index in [0.717, 1.165) is 18.0 Å². The molecule has 0 unspecified atom stereocenters. The summed E-state index contributed by atoms with van der Waals surface area (Å²) in [6.45, 7) is 8.09. The number of nitrogens with one attached hydrogen (secondary N) is 1. The van der Waals surface area contributed by atoms with E-state index in [0.29, 0.717) is 6.61 Å². The molecule has 134 valence electrons. The summed E-state index contributed by atoms with van der Waals surface area (Å²) in [7, 11) is 0. The molecular formula is C24H27NO. The van der Waals surface area contributed by atoms with Gasteiger partial charge in [0, 0.05) is 18.3 Å². The molecule has 0 saturated heterocycles. The molecule has 2 nitrogen and oxygen atoms in total. The average molecular weight is 345 g/mol. The lowest BCUT2D eigenvalue weighted by Crippen LogP contribution is -2.11. The maximum Gasteiger partial charge on any atom is 0.121 e. The molecule has 0 aromatic heterocycles. The second kappa shape index (κ2) is 8.09. The van der Waals surface area contributed by atoms with E-state index in [4.69, 9.17) is 4.74 Å². The van der Waals surface area contributed by atoms with Gasteiger partial charge in [0.1, 0.15) is 12.4 Å². The van der Waals surface area contributed by atoms with Crippen molar-refractivity contribution in [3.05, 3.63) is 95.6 Å². The summed E-state index contributed by atoms with van der Waals surface area (Å²) >= 11 is 0. The van der Waals surface area contributed by atoms with E-state index in [2.05, 4.69) is 68.6 Å². The molecule has 0 bridgehead atoms. The molecule has 0 spiro atoms. The highest BCUT2D eigenvalue weighted by Gasteiger charge is 2.12. The van der Waals surface area contributed by atoms with Crippen LogP contribution >= 0.6 is 0 Å². The maximum absolute atomic E-state index is 5.90. The van der Waals surface area contributed by atoms with Crippen molar-refractivity contribution in [2.75, 3.05) is 5.32 Å². The lowest BCUT2D eigenvalue weighted by atomic mass is 9.87. The first-order valence-electron chi connectivity index (χ1n) is 9.11. The number of anilines is 1. The second-order valence-electron chi connectivity index (χ2n) is 7.60. The van der Waals surface area contributed by atoms with Crippen molar-refractivity contribution in [2.45, 2.75) is 39.3 Å². The molecule has 0 aliphatic rings. The molecule has 0 heterocycles. The van der Waals surface area contributed by atoms with E-state index >= 15 is 0 Å². The largest absolute Gasteiger partial charge is 0.489 e. The number of ether oxygens (including phenoxy) is 1. The van der Waals surface area contributed by atoms with Crippen LogP contribution < -0.4 is 10.1 Å². The van der Waals surface area contributed by atoms with Crippen LogP contribution in [0.15, 0.2) is 78.9 Å². The van der Waals surface area contributed by atoms with Crippen LogP contribution in [0.3, 0.4) is 0 Å². The fourth-order valence-corrected chi connectivity index (χ4v) is 2.76. The second-order valence-corrected chi connectivity index (χ2v) is 7.60. The molecule has 26 heavy (non-hydrogen) atoms.